The molecule has 188 valence electrons. The summed E-state index contributed by atoms with van der Waals surface area (Å²) in [5, 5.41) is 5.14. The van der Waals surface area contributed by atoms with Crippen LogP contribution >= 0.6 is 0 Å². The van der Waals surface area contributed by atoms with E-state index in [4.69, 9.17) is 24.3 Å². The maximum Gasteiger partial charge on any atom is 0.357 e. The molecule has 3 aliphatic rings. The van der Waals surface area contributed by atoms with Crippen molar-refractivity contribution in [3.05, 3.63) is 47.2 Å². The Labute approximate surface area is 206 Å². The number of morpholine rings is 1. The van der Waals surface area contributed by atoms with E-state index in [1.54, 1.807) is 17.2 Å². The van der Waals surface area contributed by atoms with Crippen LogP contribution in [-0.4, -0.2) is 98.1 Å². The van der Waals surface area contributed by atoms with Crippen LogP contribution in [0.25, 0.3) is 0 Å². The second-order valence-electron chi connectivity index (χ2n) is 9.00. The Morgan fingerprint density at radius 1 is 1.03 bits per heavy atom. The molecule has 0 saturated carbocycles. The summed E-state index contributed by atoms with van der Waals surface area (Å²) in [4.78, 5) is 32.2. The molecule has 1 N–H and O–H groups in total. The van der Waals surface area contributed by atoms with Crippen molar-refractivity contribution in [3.63, 3.8) is 0 Å². The van der Waals surface area contributed by atoms with E-state index in [-0.39, 0.29) is 5.97 Å². The summed E-state index contributed by atoms with van der Waals surface area (Å²) in [7, 11) is 0. The van der Waals surface area contributed by atoms with Crippen molar-refractivity contribution < 1.29 is 19.1 Å². The van der Waals surface area contributed by atoms with Crippen LogP contribution in [0, 0.1) is 0 Å². The Morgan fingerprint density at radius 2 is 1.83 bits per heavy atom. The summed E-state index contributed by atoms with van der Waals surface area (Å²) in [5.41, 5.74) is 2.77. The van der Waals surface area contributed by atoms with Gasteiger partial charge < -0.3 is 24.5 Å². The van der Waals surface area contributed by atoms with E-state index in [2.05, 4.69) is 15.1 Å². The van der Waals surface area contributed by atoms with Crippen molar-refractivity contribution in [2.45, 2.75) is 19.4 Å². The first-order valence-electron chi connectivity index (χ1n) is 12.6. The van der Waals surface area contributed by atoms with Crippen LogP contribution in [0.5, 0.6) is 6.01 Å². The van der Waals surface area contributed by atoms with Gasteiger partial charge in [0.05, 0.1) is 44.2 Å². The Morgan fingerprint density at radius 3 is 2.63 bits per heavy atom. The van der Waals surface area contributed by atoms with E-state index in [0.29, 0.717) is 31.3 Å². The third-order valence-corrected chi connectivity index (χ3v) is 6.61. The van der Waals surface area contributed by atoms with Gasteiger partial charge in [-0.2, -0.15) is 9.97 Å². The summed E-state index contributed by atoms with van der Waals surface area (Å²) >= 11 is 0. The Kier molecular flexibility index (Phi) is 8.04. The lowest BCUT2D eigenvalue weighted by Crippen LogP contribution is -2.48. The predicted molar refractivity (Wildman–Crippen MR) is 130 cm³/mol. The number of hydroxylamine groups is 2. The van der Waals surface area contributed by atoms with Gasteiger partial charge in [0, 0.05) is 44.8 Å². The number of rotatable bonds is 8. The predicted octanol–water partition coefficient (Wildman–Crippen LogP) is 1.12. The lowest BCUT2D eigenvalue weighted by Gasteiger charge is -2.35. The fraction of sp³-hybridized carbons (Fsp3) is 0.560. The highest BCUT2D eigenvalue weighted by Gasteiger charge is 2.27. The molecule has 0 aliphatic carbocycles. The first-order chi connectivity index (χ1) is 17.3. The topological polar surface area (TPSA) is 92.3 Å². The monoisotopic (exact) mass is 482 g/mol. The zero-order valence-electron chi connectivity index (χ0n) is 20.2. The molecule has 35 heavy (non-hydrogen) atoms. The summed E-state index contributed by atoms with van der Waals surface area (Å²) in [6.07, 6.45) is 1.82. The van der Waals surface area contributed by atoms with Crippen molar-refractivity contribution in [2.75, 3.05) is 77.1 Å². The van der Waals surface area contributed by atoms with E-state index in [9.17, 15) is 4.79 Å². The molecule has 4 heterocycles. The van der Waals surface area contributed by atoms with Crippen LogP contribution in [0.4, 0.5) is 5.82 Å². The fourth-order valence-corrected chi connectivity index (χ4v) is 4.66. The second kappa shape index (κ2) is 11.8. The van der Waals surface area contributed by atoms with Gasteiger partial charge in [0.25, 0.3) is 0 Å². The van der Waals surface area contributed by atoms with Crippen LogP contribution in [0.15, 0.2) is 30.3 Å². The number of carbonyl (C=O) groups excluding carboxylic acids is 1. The SMILES string of the molecule is O=C(ON1CCN(c2nc(OCCCN3CCOCC3)nc3c2CCNC3)CC1)c1ccccc1. The van der Waals surface area contributed by atoms with Crippen molar-refractivity contribution in [3.8, 4) is 6.01 Å². The average molecular weight is 483 g/mol. The van der Waals surface area contributed by atoms with Gasteiger partial charge in [-0.05, 0) is 31.5 Å². The molecule has 0 unspecified atom stereocenters. The number of benzene rings is 1. The van der Waals surface area contributed by atoms with Gasteiger partial charge in [-0.1, -0.05) is 18.2 Å². The average Bonchev–Trinajstić information content (AvgIpc) is 2.92. The van der Waals surface area contributed by atoms with E-state index < -0.39 is 0 Å². The van der Waals surface area contributed by atoms with E-state index >= 15 is 0 Å². The van der Waals surface area contributed by atoms with Gasteiger partial charge in [0.15, 0.2) is 0 Å². The fourth-order valence-electron chi connectivity index (χ4n) is 4.66. The summed E-state index contributed by atoms with van der Waals surface area (Å²) in [6, 6.07) is 9.54. The molecule has 5 rings (SSSR count). The molecule has 2 saturated heterocycles. The first kappa shape index (κ1) is 23.9. The number of anilines is 1. The Bertz CT molecular complexity index is 977. The lowest BCUT2D eigenvalue weighted by molar-refractivity contribution is -0.112. The lowest BCUT2D eigenvalue weighted by atomic mass is 10.1. The number of ether oxygens (including phenoxy) is 2. The van der Waals surface area contributed by atoms with Crippen molar-refractivity contribution in [1.82, 2.24) is 25.2 Å². The molecule has 1 aromatic heterocycles. The van der Waals surface area contributed by atoms with Crippen molar-refractivity contribution >= 4 is 11.8 Å². The minimum absolute atomic E-state index is 0.322. The minimum Gasteiger partial charge on any atom is -0.463 e. The van der Waals surface area contributed by atoms with E-state index in [1.165, 1.54) is 5.56 Å². The number of nitrogens with one attached hydrogen (secondary N) is 1. The smallest absolute Gasteiger partial charge is 0.357 e. The van der Waals surface area contributed by atoms with Crippen LogP contribution in [0.2, 0.25) is 0 Å². The molecule has 0 amide bonds. The summed E-state index contributed by atoms with van der Waals surface area (Å²) in [6.45, 7) is 9.48. The molecule has 10 heteroatoms. The molecule has 2 fully saturated rings. The van der Waals surface area contributed by atoms with Crippen LogP contribution in [0.3, 0.4) is 0 Å². The highest BCUT2D eigenvalue weighted by atomic mass is 16.7. The van der Waals surface area contributed by atoms with Crippen LogP contribution in [-0.2, 0) is 22.5 Å². The Balaban J connectivity index is 1.18. The van der Waals surface area contributed by atoms with Crippen molar-refractivity contribution in [2.24, 2.45) is 0 Å². The zero-order valence-corrected chi connectivity index (χ0v) is 20.2. The zero-order chi connectivity index (χ0) is 23.9. The molecule has 0 bridgehead atoms. The highest BCUT2D eigenvalue weighted by Crippen LogP contribution is 2.27. The van der Waals surface area contributed by atoms with Gasteiger partial charge in [-0.3, -0.25) is 4.90 Å². The molecule has 0 atom stereocenters. The maximum absolute atomic E-state index is 12.4. The number of nitrogens with zero attached hydrogens (tertiary/aromatic N) is 5. The highest BCUT2D eigenvalue weighted by molar-refractivity contribution is 5.89. The number of carbonyl (C=O) groups is 1. The van der Waals surface area contributed by atoms with Gasteiger partial charge in [0.1, 0.15) is 5.82 Å². The standard InChI is InChI=1S/C25H34N6O4/c32-24(20-5-2-1-3-6-20)35-31-12-10-30(11-13-31)23-21-7-8-26-19-22(21)27-25(28-23)34-16-4-9-29-14-17-33-18-15-29/h1-3,5-6,26H,4,7-19H2. The number of fused-ring (bicyclic) bond motifs is 1. The number of hydrogen-bond acceptors (Lipinski definition) is 10. The summed E-state index contributed by atoms with van der Waals surface area (Å²) < 4.78 is 11.4. The van der Waals surface area contributed by atoms with E-state index in [0.717, 1.165) is 83.4 Å². The molecular formula is C25H34N6O4. The molecule has 1 aromatic carbocycles. The van der Waals surface area contributed by atoms with Gasteiger partial charge in [-0.25, -0.2) is 4.79 Å². The number of piperazine rings is 1. The maximum atomic E-state index is 12.4. The third-order valence-electron chi connectivity index (χ3n) is 6.61. The van der Waals surface area contributed by atoms with Crippen LogP contribution in [0.1, 0.15) is 28.0 Å². The first-order valence-corrected chi connectivity index (χ1v) is 12.6. The second-order valence-corrected chi connectivity index (χ2v) is 9.00. The molecular weight excluding hydrogens is 448 g/mol. The molecule has 10 nitrogen and oxygen atoms in total. The Hall–Kier alpha value is -2.79. The normalized spacial score (nSPS) is 19.3. The van der Waals surface area contributed by atoms with Crippen molar-refractivity contribution in [1.29, 1.82) is 0 Å². The summed E-state index contributed by atoms with van der Waals surface area (Å²) in [5.74, 6) is 0.631. The quantitative estimate of drug-likeness (QED) is 0.552. The molecule has 0 radical (unpaired) electrons. The third kappa shape index (κ3) is 6.26. The number of aromatic nitrogens is 2. The van der Waals surface area contributed by atoms with Gasteiger partial charge in [0.2, 0.25) is 0 Å². The molecule has 0 spiro atoms. The largest absolute Gasteiger partial charge is 0.463 e. The molecule has 2 aromatic rings. The van der Waals surface area contributed by atoms with Gasteiger partial charge in [-0.15, -0.1) is 5.06 Å². The van der Waals surface area contributed by atoms with E-state index in [1.807, 2.05) is 18.2 Å². The minimum atomic E-state index is -0.322. The van der Waals surface area contributed by atoms with Gasteiger partial charge >= 0.3 is 12.0 Å². The number of hydrogen-bond donors (Lipinski definition) is 1. The van der Waals surface area contributed by atoms with Crippen LogP contribution < -0.4 is 15.0 Å². The molecule has 3 aliphatic heterocycles.